The van der Waals surface area contributed by atoms with E-state index in [9.17, 15) is 0 Å². The van der Waals surface area contributed by atoms with Gasteiger partial charge in [-0.25, -0.2) is 0 Å². The summed E-state index contributed by atoms with van der Waals surface area (Å²) in [6.07, 6.45) is 2.90. The molecule has 98 valence electrons. The van der Waals surface area contributed by atoms with Crippen LogP contribution < -0.4 is 10.5 Å². The molecule has 1 atom stereocenters. The number of pyridine rings is 1. The Labute approximate surface area is 109 Å². The minimum Gasteiger partial charge on any atom is -0.492 e. The topological polar surface area (TPSA) is 71.9 Å². The largest absolute Gasteiger partial charge is 0.492 e. The quantitative estimate of drug-likeness (QED) is 0.751. The summed E-state index contributed by atoms with van der Waals surface area (Å²) in [5, 5.41) is 8.47. The van der Waals surface area contributed by atoms with Crippen molar-refractivity contribution in [1.29, 1.82) is 5.26 Å². The maximum Gasteiger partial charge on any atom is 0.140 e. The van der Waals surface area contributed by atoms with Gasteiger partial charge in [-0.15, -0.1) is 0 Å². The summed E-state index contributed by atoms with van der Waals surface area (Å²) >= 11 is 0. The first kappa shape index (κ1) is 14.5. The summed E-state index contributed by atoms with van der Waals surface area (Å²) in [5.41, 5.74) is 7.85. The molecule has 4 nitrogen and oxygen atoms in total. The number of ether oxygens (including phenoxy) is 1. The van der Waals surface area contributed by atoms with Crippen LogP contribution in [-0.4, -0.2) is 17.6 Å². The van der Waals surface area contributed by atoms with E-state index in [-0.39, 0.29) is 6.04 Å². The summed E-state index contributed by atoms with van der Waals surface area (Å²) in [7, 11) is 0. The lowest BCUT2D eigenvalue weighted by Crippen LogP contribution is -2.22. The third kappa shape index (κ3) is 4.72. The van der Waals surface area contributed by atoms with E-state index in [1.54, 1.807) is 0 Å². The molecule has 4 heteroatoms. The van der Waals surface area contributed by atoms with Crippen LogP contribution in [0.2, 0.25) is 0 Å². The average Bonchev–Trinajstić information content (AvgIpc) is 2.36. The predicted octanol–water partition coefficient (Wildman–Crippen LogP) is 2.35. The second-order valence-corrected chi connectivity index (χ2v) is 4.38. The van der Waals surface area contributed by atoms with Gasteiger partial charge in [0.15, 0.2) is 0 Å². The molecule has 1 rings (SSSR count). The van der Waals surface area contributed by atoms with Gasteiger partial charge in [0, 0.05) is 24.6 Å². The highest BCUT2D eigenvalue weighted by atomic mass is 16.5. The second-order valence-electron chi connectivity index (χ2n) is 4.38. The average molecular weight is 247 g/mol. The van der Waals surface area contributed by atoms with E-state index >= 15 is 0 Å². The molecule has 0 amide bonds. The number of hydrogen-bond acceptors (Lipinski definition) is 4. The van der Waals surface area contributed by atoms with Crippen LogP contribution in [0, 0.1) is 18.3 Å². The molecule has 0 bridgehead atoms. The fourth-order valence-electron chi connectivity index (χ4n) is 1.60. The van der Waals surface area contributed by atoms with Crippen LogP contribution in [0.25, 0.3) is 0 Å². The molecule has 0 radical (unpaired) electrons. The van der Waals surface area contributed by atoms with E-state index < -0.39 is 0 Å². The Kier molecular flexibility index (Phi) is 6.16. The molecule has 18 heavy (non-hydrogen) atoms. The van der Waals surface area contributed by atoms with Crippen molar-refractivity contribution in [2.24, 2.45) is 5.73 Å². The Hall–Kier alpha value is -1.60. The number of rotatable bonds is 7. The monoisotopic (exact) mass is 247 g/mol. The summed E-state index contributed by atoms with van der Waals surface area (Å²) in [6, 6.07) is 6.08. The minimum atomic E-state index is 0.112. The van der Waals surface area contributed by atoms with Gasteiger partial charge in [-0.2, -0.15) is 5.26 Å². The van der Waals surface area contributed by atoms with Crippen molar-refractivity contribution in [1.82, 2.24) is 4.98 Å². The molecule has 1 unspecified atom stereocenters. The van der Waals surface area contributed by atoms with Crippen LogP contribution in [0.15, 0.2) is 12.1 Å². The molecule has 0 aliphatic carbocycles. The highest BCUT2D eigenvalue weighted by Gasteiger charge is 2.10. The zero-order valence-corrected chi connectivity index (χ0v) is 11.1. The van der Waals surface area contributed by atoms with Crippen LogP contribution in [0.4, 0.5) is 0 Å². The number of nitriles is 1. The van der Waals surface area contributed by atoms with Gasteiger partial charge in [0.25, 0.3) is 0 Å². The molecule has 0 aliphatic rings. The van der Waals surface area contributed by atoms with E-state index in [0.717, 1.165) is 36.4 Å². The van der Waals surface area contributed by atoms with Crippen LogP contribution >= 0.6 is 0 Å². The SMILES string of the molecule is CCC(N)Cc1nc(C)ccc1OCCCC#N. The summed E-state index contributed by atoms with van der Waals surface area (Å²) in [6.45, 7) is 4.57. The zero-order chi connectivity index (χ0) is 13.4. The van der Waals surface area contributed by atoms with Crippen molar-refractivity contribution in [2.75, 3.05) is 6.61 Å². The highest BCUT2D eigenvalue weighted by molar-refractivity contribution is 5.30. The van der Waals surface area contributed by atoms with Gasteiger partial charge in [0.2, 0.25) is 0 Å². The summed E-state index contributed by atoms with van der Waals surface area (Å²) in [5.74, 6) is 0.794. The number of nitrogens with two attached hydrogens (primary N) is 1. The molecular weight excluding hydrogens is 226 g/mol. The van der Waals surface area contributed by atoms with Crippen molar-refractivity contribution in [3.05, 3.63) is 23.5 Å². The van der Waals surface area contributed by atoms with E-state index in [1.165, 1.54) is 0 Å². The van der Waals surface area contributed by atoms with Gasteiger partial charge >= 0.3 is 0 Å². The lowest BCUT2D eigenvalue weighted by atomic mass is 10.1. The lowest BCUT2D eigenvalue weighted by molar-refractivity contribution is 0.306. The molecule has 0 spiro atoms. The maximum absolute atomic E-state index is 8.47. The fourth-order valence-corrected chi connectivity index (χ4v) is 1.60. The molecule has 0 saturated carbocycles. The van der Waals surface area contributed by atoms with Crippen LogP contribution in [0.3, 0.4) is 0 Å². The number of unbranched alkanes of at least 4 members (excludes halogenated alkanes) is 1. The van der Waals surface area contributed by atoms with Gasteiger partial charge in [0.05, 0.1) is 18.4 Å². The van der Waals surface area contributed by atoms with Gasteiger partial charge in [-0.1, -0.05) is 6.92 Å². The third-order valence-electron chi connectivity index (χ3n) is 2.74. The Morgan fingerprint density at radius 2 is 2.28 bits per heavy atom. The molecule has 1 aromatic rings. The molecule has 1 aromatic heterocycles. The van der Waals surface area contributed by atoms with E-state index in [4.69, 9.17) is 15.7 Å². The predicted molar refractivity (Wildman–Crippen MR) is 71.3 cm³/mol. The first-order valence-electron chi connectivity index (χ1n) is 6.39. The van der Waals surface area contributed by atoms with E-state index in [1.807, 2.05) is 19.1 Å². The van der Waals surface area contributed by atoms with Gasteiger partial charge in [0.1, 0.15) is 5.75 Å². The normalized spacial score (nSPS) is 11.9. The van der Waals surface area contributed by atoms with Crippen LogP contribution in [0.5, 0.6) is 5.75 Å². The smallest absolute Gasteiger partial charge is 0.140 e. The van der Waals surface area contributed by atoms with Gasteiger partial charge in [-0.05, 0) is 31.9 Å². The molecule has 0 aromatic carbocycles. The first-order valence-corrected chi connectivity index (χ1v) is 6.39. The molecule has 0 saturated heterocycles. The van der Waals surface area contributed by atoms with Crippen molar-refractivity contribution in [3.8, 4) is 11.8 Å². The van der Waals surface area contributed by atoms with E-state index in [0.29, 0.717) is 13.0 Å². The molecule has 2 N–H and O–H groups in total. The van der Waals surface area contributed by atoms with Crippen molar-refractivity contribution >= 4 is 0 Å². The Balaban J connectivity index is 2.67. The van der Waals surface area contributed by atoms with Crippen molar-refractivity contribution in [3.63, 3.8) is 0 Å². The standard InChI is InChI=1S/C14H21N3O/c1-3-12(16)10-13-14(7-6-11(2)17-13)18-9-5-4-8-15/h6-7,12H,3-5,9-10,16H2,1-2H3. The van der Waals surface area contributed by atoms with E-state index in [2.05, 4.69) is 18.0 Å². The van der Waals surface area contributed by atoms with Gasteiger partial charge in [-0.3, -0.25) is 4.98 Å². The number of aromatic nitrogens is 1. The van der Waals surface area contributed by atoms with Crippen molar-refractivity contribution < 1.29 is 4.74 Å². The first-order chi connectivity index (χ1) is 8.67. The zero-order valence-electron chi connectivity index (χ0n) is 11.1. The molecule has 0 fully saturated rings. The Morgan fingerprint density at radius 3 is 2.94 bits per heavy atom. The molecule has 0 aliphatic heterocycles. The molecular formula is C14H21N3O. The Bertz CT molecular complexity index is 412. The Morgan fingerprint density at radius 1 is 1.50 bits per heavy atom. The fraction of sp³-hybridized carbons (Fsp3) is 0.571. The van der Waals surface area contributed by atoms with Crippen LogP contribution in [0.1, 0.15) is 37.6 Å². The van der Waals surface area contributed by atoms with Crippen LogP contribution in [-0.2, 0) is 6.42 Å². The maximum atomic E-state index is 8.47. The number of nitrogens with zero attached hydrogens (tertiary/aromatic N) is 2. The lowest BCUT2D eigenvalue weighted by Gasteiger charge is -2.14. The highest BCUT2D eigenvalue weighted by Crippen LogP contribution is 2.19. The number of hydrogen-bond donors (Lipinski definition) is 1. The summed E-state index contributed by atoms with van der Waals surface area (Å²) in [4.78, 5) is 4.49. The second kappa shape index (κ2) is 7.67. The molecule has 1 heterocycles. The van der Waals surface area contributed by atoms with Gasteiger partial charge < -0.3 is 10.5 Å². The number of aryl methyl sites for hydroxylation is 1. The summed E-state index contributed by atoms with van der Waals surface area (Å²) < 4.78 is 5.67. The van der Waals surface area contributed by atoms with Crippen molar-refractivity contribution in [2.45, 2.75) is 45.6 Å². The minimum absolute atomic E-state index is 0.112. The third-order valence-corrected chi connectivity index (χ3v) is 2.74.